The number of nitrogens with zero attached hydrogens (tertiary/aromatic N) is 2. The molecule has 3 aromatic rings. The molecule has 1 aliphatic rings. The summed E-state index contributed by atoms with van der Waals surface area (Å²) in [4.78, 5) is 6.19. The van der Waals surface area contributed by atoms with E-state index in [-0.39, 0.29) is 0 Å². The van der Waals surface area contributed by atoms with Gasteiger partial charge in [0.1, 0.15) is 11.5 Å². The standard InChI is InChI=1S/C23H23F3N2O3/c1-30-17-11-16(12-18(14-17)31-2)22(29)6-9-28(10-7-22)21-5-8-27-20-13-15(23(24,25)26)3-4-19(20)21/h3-5,8,11-14,29H,6-7,9-10H2,1-2H3. The van der Waals surface area contributed by atoms with E-state index in [0.29, 0.717) is 48.3 Å². The molecule has 0 saturated carbocycles. The maximum absolute atomic E-state index is 13.0. The number of aromatic nitrogens is 1. The van der Waals surface area contributed by atoms with Gasteiger partial charge in [0.25, 0.3) is 0 Å². The number of pyridine rings is 1. The molecule has 0 spiro atoms. The second kappa shape index (κ2) is 7.92. The van der Waals surface area contributed by atoms with E-state index < -0.39 is 17.3 Å². The van der Waals surface area contributed by atoms with Gasteiger partial charge in [-0.05, 0) is 48.7 Å². The molecule has 1 N–H and O–H groups in total. The molecule has 0 bridgehead atoms. The van der Waals surface area contributed by atoms with Crippen LogP contribution in [0.1, 0.15) is 24.0 Å². The van der Waals surface area contributed by atoms with Crippen molar-refractivity contribution >= 4 is 16.6 Å². The molecule has 4 rings (SSSR count). The van der Waals surface area contributed by atoms with Crippen LogP contribution in [0, 0.1) is 0 Å². The van der Waals surface area contributed by atoms with Crippen molar-refractivity contribution in [3.05, 3.63) is 59.8 Å². The van der Waals surface area contributed by atoms with E-state index in [0.717, 1.165) is 23.4 Å². The van der Waals surface area contributed by atoms with Crippen molar-refractivity contribution in [2.75, 3.05) is 32.2 Å². The van der Waals surface area contributed by atoms with Gasteiger partial charge in [0.15, 0.2) is 0 Å². The van der Waals surface area contributed by atoms with Crippen LogP contribution in [0.5, 0.6) is 11.5 Å². The minimum absolute atomic E-state index is 0.297. The van der Waals surface area contributed by atoms with E-state index in [9.17, 15) is 18.3 Å². The highest BCUT2D eigenvalue weighted by Crippen LogP contribution is 2.39. The van der Waals surface area contributed by atoms with Gasteiger partial charge >= 0.3 is 6.18 Å². The van der Waals surface area contributed by atoms with Crippen molar-refractivity contribution in [2.45, 2.75) is 24.6 Å². The number of alkyl halides is 3. The number of ether oxygens (including phenoxy) is 2. The van der Waals surface area contributed by atoms with Crippen molar-refractivity contribution in [2.24, 2.45) is 0 Å². The summed E-state index contributed by atoms with van der Waals surface area (Å²) in [6.45, 7) is 1.08. The third kappa shape index (κ3) is 4.12. The van der Waals surface area contributed by atoms with Crippen molar-refractivity contribution in [1.29, 1.82) is 0 Å². The zero-order valence-corrected chi connectivity index (χ0v) is 17.2. The van der Waals surface area contributed by atoms with Crippen LogP contribution in [-0.4, -0.2) is 37.4 Å². The zero-order valence-electron chi connectivity index (χ0n) is 17.2. The van der Waals surface area contributed by atoms with E-state index in [1.54, 1.807) is 38.5 Å². The molecule has 1 saturated heterocycles. The molecule has 0 unspecified atom stereocenters. The Labute approximate surface area is 178 Å². The molecule has 0 aliphatic carbocycles. The van der Waals surface area contributed by atoms with Gasteiger partial charge in [0.05, 0.1) is 30.9 Å². The second-order valence-corrected chi connectivity index (χ2v) is 7.68. The second-order valence-electron chi connectivity index (χ2n) is 7.68. The van der Waals surface area contributed by atoms with Gasteiger partial charge in [-0.25, -0.2) is 0 Å². The molecule has 1 aromatic heterocycles. The Kier molecular flexibility index (Phi) is 5.43. The van der Waals surface area contributed by atoms with Crippen LogP contribution in [0.3, 0.4) is 0 Å². The van der Waals surface area contributed by atoms with Crippen molar-refractivity contribution in [1.82, 2.24) is 4.98 Å². The maximum atomic E-state index is 13.0. The predicted octanol–water partition coefficient (Wildman–Crippen LogP) is 4.76. The van der Waals surface area contributed by atoms with Crippen LogP contribution in [-0.2, 0) is 11.8 Å². The minimum Gasteiger partial charge on any atom is -0.497 e. The number of benzene rings is 2. The lowest BCUT2D eigenvalue weighted by atomic mass is 9.84. The van der Waals surface area contributed by atoms with Gasteiger partial charge < -0.3 is 19.5 Å². The highest BCUT2D eigenvalue weighted by Gasteiger charge is 2.36. The molecule has 2 aromatic carbocycles. The third-order valence-electron chi connectivity index (χ3n) is 5.87. The van der Waals surface area contributed by atoms with Gasteiger partial charge in [-0.15, -0.1) is 0 Å². The molecule has 8 heteroatoms. The molecule has 1 aliphatic heterocycles. The van der Waals surface area contributed by atoms with Crippen molar-refractivity contribution in [3.63, 3.8) is 0 Å². The molecule has 0 amide bonds. The van der Waals surface area contributed by atoms with Crippen LogP contribution in [0.2, 0.25) is 0 Å². The average Bonchev–Trinajstić information content (AvgIpc) is 2.78. The number of hydrogen-bond acceptors (Lipinski definition) is 5. The number of halogens is 3. The number of anilines is 1. The molecular formula is C23H23F3N2O3. The fraction of sp³-hybridized carbons (Fsp3) is 0.348. The van der Waals surface area contributed by atoms with Crippen molar-refractivity contribution in [3.8, 4) is 11.5 Å². The van der Waals surface area contributed by atoms with E-state index >= 15 is 0 Å². The summed E-state index contributed by atoms with van der Waals surface area (Å²) in [5.74, 6) is 1.21. The number of fused-ring (bicyclic) bond motifs is 1. The molecule has 2 heterocycles. The average molecular weight is 432 g/mol. The summed E-state index contributed by atoms with van der Waals surface area (Å²) in [7, 11) is 3.12. The van der Waals surface area contributed by atoms with Crippen LogP contribution in [0.4, 0.5) is 18.9 Å². The van der Waals surface area contributed by atoms with E-state index in [4.69, 9.17) is 9.47 Å². The highest BCUT2D eigenvalue weighted by atomic mass is 19.4. The topological polar surface area (TPSA) is 54.8 Å². The Morgan fingerprint density at radius 1 is 0.968 bits per heavy atom. The zero-order chi connectivity index (χ0) is 22.2. The molecule has 0 atom stereocenters. The summed E-state index contributed by atoms with van der Waals surface area (Å²) in [5, 5.41) is 12.0. The fourth-order valence-electron chi connectivity index (χ4n) is 4.07. The van der Waals surface area contributed by atoms with Crippen molar-refractivity contribution < 1.29 is 27.8 Å². The van der Waals surface area contributed by atoms with Gasteiger partial charge in [-0.1, -0.05) is 6.07 Å². The SMILES string of the molecule is COc1cc(OC)cc(C2(O)CCN(c3ccnc4cc(C(F)(F)F)ccc34)CC2)c1. The Hall–Kier alpha value is -3.00. The molecule has 164 valence electrons. The quantitative estimate of drug-likeness (QED) is 0.644. The Morgan fingerprint density at radius 2 is 1.61 bits per heavy atom. The first-order valence-electron chi connectivity index (χ1n) is 9.90. The number of hydrogen-bond donors (Lipinski definition) is 1. The molecule has 31 heavy (non-hydrogen) atoms. The Morgan fingerprint density at radius 3 is 2.19 bits per heavy atom. The molecule has 5 nitrogen and oxygen atoms in total. The first kappa shape index (κ1) is 21.2. The number of piperidine rings is 1. The fourth-order valence-corrected chi connectivity index (χ4v) is 4.07. The number of rotatable bonds is 4. The van der Waals surface area contributed by atoms with Gasteiger partial charge in [0.2, 0.25) is 0 Å². The van der Waals surface area contributed by atoms with E-state index in [1.807, 2.05) is 0 Å². The van der Waals surface area contributed by atoms with E-state index in [2.05, 4.69) is 9.88 Å². The molecular weight excluding hydrogens is 409 g/mol. The number of aliphatic hydroxyl groups is 1. The Bertz CT molecular complexity index is 1070. The van der Waals surface area contributed by atoms with Crippen LogP contribution in [0.15, 0.2) is 48.7 Å². The van der Waals surface area contributed by atoms with Gasteiger partial charge in [-0.2, -0.15) is 13.2 Å². The van der Waals surface area contributed by atoms with Crippen LogP contribution >= 0.6 is 0 Å². The smallest absolute Gasteiger partial charge is 0.416 e. The van der Waals surface area contributed by atoms with E-state index in [1.165, 1.54) is 12.3 Å². The summed E-state index contributed by atoms with van der Waals surface area (Å²) in [6.07, 6.45) is -1.99. The normalized spacial score (nSPS) is 16.4. The lowest BCUT2D eigenvalue weighted by Gasteiger charge is -2.40. The summed E-state index contributed by atoms with van der Waals surface area (Å²) < 4.78 is 49.8. The first-order chi connectivity index (χ1) is 14.7. The monoisotopic (exact) mass is 432 g/mol. The van der Waals surface area contributed by atoms with Gasteiger partial charge in [0, 0.05) is 36.4 Å². The minimum atomic E-state index is -4.41. The predicted molar refractivity (Wildman–Crippen MR) is 112 cm³/mol. The van der Waals surface area contributed by atoms with Crippen LogP contribution < -0.4 is 14.4 Å². The Balaban J connectivity index is 1.60. The molecule has 1 fully saturated rings. The van der Waals surface area contributed by atoms with Crippen LogP contribution in [0.25, 0.3) is 10.9 Å². The highest BCUT2D eigenvalue weighted by molar-refractivity contribution is 5.92. The first-order valence-corrected chi connectivity index (χ1v) is 9.90. The summed E-state index contributed by atoms with van der Waals surface area (Å²) in [5.41, 5.74) is 0.0574. The number of methoxy groups -OCH3 is 2. The summed E-state index contributed by atoms with van der Waals surface area (Å²) >= 11 is 0. The molecule has 0 radical (unpaired) electrons. The largest absolute Gasteiger partial charge is 0.497 e. The lowest BCUT2D eigenvalue weighted by Crippen LogP contribution is -2.42. The lowest BCUT2D eigenvalue weighted by molar-refractivity contribution is -0.137. The third-order valence-corrected chi connectivity index (χ3v) is 5.87. The summed E-state index contributed by atoms with van der Waals surface area (Å²) in [6, 6.07) is 10.8. The van der Waals surface area contributed by atoms with Gasteiger partial charge in [-0.3, -0.25) is 4.98 Å². The maximum Gasteiger partial charge on any atom is 0.416 e.